The molecule has 1 aromatic rings. The predicted octanol–water partition coefficient (Wildman–Crippen LogP) is 2.35. The Hall–Kier alpha value is -1.10. The number of ether oxygens (including phenoxy) is 2. The molecular formula is C16H27NO3. The van der Waals surface area contributed by atoms with Crippen LogP contribution in [0.5, 0.6) is 5.75 Å². The van der Waals surface area contributed by atoms with Crippen molar-refractivity contribution in [2.45, 2.75) is 38.8 Å². The molecule has 4 heteroatoms. The number of nitrogens with one attached hydrogen (secondary N) is 1. The molecule has 4 nitrogen and oxygen atoms in total. The number of rotatable bonds is 10. The monoisotopic (exact) mass is 281 g/mol. The molecule has 0 aliphatic carbocycles. The lowest BCUT2D eigenvalue weighted by Crippen LogP contribution is -2.39. The van der Waals surface area contributed by atoms with Gasteiger partial charge in [0, 0.05) is 20.2 Å². The van der Waals surface area contributed by atoms with Gasteiger partial charge in [0.15, 0.2) is 0 Å². The lowest BCUT2D eigenvalue weighted by atomic mass is 9.97. The highest BCUT2D eigenvalue weighted by Gasteiger charge is 2.20. The van der Waals surface area contributed by atoms with Gasteiger partial charge in [0.2, 0.25) is 0 Å². The molecule has 0 radical (unpaired) electrons. The summed E-state index contributed by atoms with van der Waals surface area (Å²) in [5.74, 6) is 0.850. The highest BCUT2D eigenvalue weighted by Crippen LogP contribution is 2.15. The van der Waals surface area contributed by atoms with E-state index in [4.69, 9.17) is 9.47 Å². The van der Waals surface area contributed by atoms with E-state index in [1.165, 1.54) is 0 Å². The van der Waals surface area contributed by atoms with Gasteiger partial charge in [-0.05, 0) is 30.5 Å². The maximum atomic E-state index is 10.2. The van der Waals surface area contributed by atoms with Crippen LogP contribution in [-0.4, -0.2) is 37.6 Å². The molecule has 0 saturated heterocycles. The molecule has 0 saturated carbocycles. The van der Waals surface area contributed by atoms with Gasteiger partial charge in [0.1, 0.15) is 12.4 Å². The van der Waals surface area contributed by atoms with Gasteiger partial charge in [-0.3, -0.25) is 0 Å². The highest BCUT2D eigenvalue weighted by atomic mass is 16.5. The van der Waals surface area contributed by atoms with Crippen molar-refractivity contribution in [3.8, 4) is 5.75 Å². The van der Waals surface area contributed by atoms with Gasteiger partial charge in [-0.1, -0.05) is 26.0 Å². The van der Waals surface area contributed by atoms with E-state index in [0.717, 1.165) is 30.7 Å². The average Bonchev–Trinajstić information content (AvgIpc) is 2.48. The van der Waals surface area contributed by atoms with Crippen LogP contribution in [0.4, 0.5) is 0 Å². The van der Waals surface area contributed by atoms with E-state index in [0.29, 0.717) is 19.8 Å². The molecule has 0 unspecified atom stereocenters. The molecule has 0 atom stereocenters. The summed E-state index contributed by atoms with van der Waals surface area (Å²) in [4.78, 5) is 0. The third kappa shape index (κ3) is 5.90. The van der Waals surface area contributed by atoms with Crippen molar-refractivity contribution < 1.29 is 14.6 Å². The van der Waals surface area contributed by atoms with Crippen LogP contribution in [0.25, 0.3) is 0 Å². The van der Waals surface area contributed by atoms with Gasteiger partial charge in [-0.2, -0.15) is 0 Å². The standard InChI is InChI=1S/C16H27NO3/c1-4-16(18,5-2)13-17-12-14-7-6-8-15(11-14)20-10-9-19-3/h6-8,11,17-18H,4-5,9-10,12-13H2,1-3H3. The molecule has 0 bridgehead atoms. The Bertz CT molecular complexity index is 378. The van der Waals surface area contributed by atoms with Crippen LogP contribution in [0.15, 0.2) is 24.3 Å². The molecule has 0 aliphatic heterocycles. The molecule has 0 aliphatic rings. The maximum absolute atomic E-state index is 10.2. The zero-order chi connectivity index (χ0) is 14.8. The normalized spacial score (nSPS) is 11.6. The molecule has 0 fully saturated rings. The quantitative estimate of drug-likeness (QED) is 0.646. The third-order valence-corrected chi connectivity index (χ3v) is 3.55. The zero-order valence-electron chi connectivity index (χ0n) is 12.8. The Kier molecular flexibility index (Phi) is 7.59. The molecule has 1 rings (SSSR count). The second-order valence-electron chi connectivity index (χ2n) is 5.02. The van der Waals surface area contributed by atoms with Crippen molar-refractivity contribution in [1.82, 2.24) is 5.32 Å². The van der Waals surface area contributed by atoms with Crippen LogP contribution in [-0.2, 0) is 11.3 Å². The van der Waals surface area contributed by atoms with Gasteiger partial charge in [-0.25, -0.2) is 0 Å². The zero-order valence-corrected chi connectivity index (χ0v) is 12.8. The summed E-state index contributed by atoms with van der Waals surface area (Å²) in [7, 11) is 1.66. The molecule has 0 heterocycles. The van der Waals surface area contributed by atoms with Gasteiger partial charge in [0.05, 0.1) is 12.2 Å². The molecule has 20 heavy (non-hydrogen) atoms. The van der Waals surface area contributed by atoms with Crippen molar-refractivity contribution in [3.05, 3.63) is 29.8 Å². The van der Waals surface area contributed by atoms with E-state index >= 15 is 0 Å². The van der Waals surface area contributed by atoms with Crippen LogP contribution in [0.2, 0.25) is 0 Å². The van der Waals surface area contributed by atoms with Gasteiger partial charge in [-0.15, -0.1) is 0 Å². The van der Waals surface area contributed by atoms with Crippen molar-refractivity contribution in [2.24, 2.45) is 0 Å². The fourth-order valence-electron chi connectivity index (χ4n) is 1.93. The Balaban J connectivity index is 2.42. The summed E-state index contributed by atoms with van der Waals surface area (Å²) in [5.41, 5.74) is 0.543. The van der Waals surface area contributed by atoms with Crippen LogP contribution in [0.3, 0.4) is 0 Å². The molecule has 0 amide bonds. The Morgan fingerprint density at radius 1 is 1.20 bits per heavy atom. The van der Waals surface area contributed by atoms with E-state index in [1.54, 1.807) is 7.11 Å². The molecular weight excluding hydrogens is 254 g/mol. The summed E-state index contributed by atoms with van der Waals surface area (Å²) in [5, 5.41) is 13.5. The topological polar surface area (TPSA) is 50.7 Å². The van der Waals surface area contributed by atoms with Crippen LogP contribution >= 0.6 is 0 Å². The number of methoxy groups -OCH3 is 1. The van der Waals surface area contributed by atoms with Crippen molar-refractivity contribution in [3.63, 3.8) is 0 Å². The maximum Gasteiger partial charge on any atom is 0.119 e. The lowest BCUT2D eigenvalue weighted by molar-refractivity contribution is 0.0323. The summed E-state index contributed by atoms with van der Waals surface area (Å²) in [6, 6.07) is 7.98. The van der Waals surface area contributed by atoms with Gasteiger partial charge >= 0.3 is 0 Å². The first-order valence-electron chi connectivity index (χ1n) is 7.27. The Morgan fingerprint density at radius 3 is 2.60 bits per heavy atom. The first kappa shape index (κ1) is 17.0. The highest BCUT2D eigenvalue weighted by molar-refractivity contribution is 5.28. The lowest BCUT2D eigenvalue weighted by Gasteiger charge is -2.25. The van der Waals surface area contributed by atoms with Crippen molar-refractivity contribution in [2.75, 3.05) is 26.9 Å². The van der Waals surface area contributed by atoms with E-state index in [2.05, 4.69) is 5.32 Å². The summed E-state index contributed by atoms with van der Waals surface area (Å²) in [6.07, 6.45) is 1.52. The van der Waals surface area contributed by atoms with Crippen LogP contribution in [0, 0.1) is 0 Å². The van der Waals surface area contributed by atoms with E-state index in [9.17, 15) is 5.11 Å². The minimum atomic E-state index is -0.605. The second kappa shape index (κ2) is 8.95. The summed E-state index contributed by atoms with van der Waals surface area (Å²) in [6.45, 7) is 6.49. The van der Waals surface area contributed by atoms with E-state index in [1.807, 2.05) is 38.1 Å². The number of hydrogen-bond acceptors (Lipinski definition) is 4. The van der Waals surface area contributed by atoms with Gasteiger partial charge < -0.3 is 19.9 Å². The van der Waals surface area contributed by atoms with Gasteiger partial charge in [0.25, 0.3) is 0 Å². The van der Waals surface area contributed by atoms with Crippen molar-refractivity contribution in [1.29, 1.82) is 0 Å². The summed E-state index contributed by atoms with van der Waals surface area (Å²) < 4.78 is 10.5. The fourth-order valence-corrected chi connectivity index (χ4v) is 1.93. The minimum Gasteiger partial charge on any atom is -0.491 e. The molecule has 0 spiro atoms. The SMILES string of the molecule is CCC(O)(CC)CNCc1cccc(OCCOC)c1. The van der Waals surface area contributed by atoms with Crippen LogP contribution < -0.4 is 10.1 Å². The number of hydrogen-bond donors (Lipinski definition) is 2. The number of aliphatic hydroxyl groups is 1. The molecule has 0 aromatic heterocycles. The number of benzene rings is 1. The minimum absolute atomic E-state index is 0.554. The Morgan fingerprint density at radius 2 is 1.95 bits per heavy atom. The van der Waals surface area contributed by atoms with Crippen LogP contribution in [0.1, 0.15) is 32.3 Å². The van der Waals surface area contributed by atoms with E-state index in [-0.39, 0.29) is 0 Å². The molecule has 2 N–H and O–H groups in total. The summed E-state index contributed by atoms with van der Waals surface area (Å²) >= 11 is 0. The first-order chi connectivity index (χ1) is 9.63. The predicted molar refractivity (Wildman–Crippen MR) is 81.1 cm³/mol. The van der Waals surface area contributed by atoms with E-state index < -0.39 is 5.60 Å². The Labute approximate surface area is 122 Å². The second-order valence-corrected chi connectivity index (χ2v) is 5.02. The van der Waals surface area contributed by atoms with Crippen molar-refractivity contribution >= 4 is 0 Å². The average molecular weight is 281 g/mol. The molecule has 114 valence electrons. The fraction of sp³-hybridized carbons (Fsp3) is 0.625. The smallest absolute Gasteiger partial charge is 0.119 e. The first-order valence-corrected chi connectivity index (χ1v) is 7.27. The third-order valence-electron chi connectivity index (χ3n) is 3.55. The largest absolute Gasteiger partial charge is 0.491 e. The molecule has 1 aromatic carbocycles.